The second-order valence-electron chi connectivity index (χ2n) is 6.45. The molecular formula is C21H25NO3. The molecule has 25 heavy (non-hydrogen) atoms. The number of nitrogens with zero attached hydrogens (tertiary/aromatic N) is 1. The molecule has 1 aromatic heterocycles. The first-order valence-electron chi connectivity index (χ1n) is 8.77. The lowest BCUT2D eigenvalue weighted by Crippen LogP contribution is -2.31. The molecule has 0 amide bonds. The Balaban J connectivity index is 1.64. The van der Waals surface area contributed by atoms with Crippen LogP contribution in [0.15, 0.2) is 40.8 Å². The van der Waals surface area contributed by atoms with Crippen LogP contribution < -0.4 is 4.74 Å². The van der Waals surface area contributed by atoms with Crippen LogP contribution in [0.2, 0.25) is 0 Å². The van der Waals surface area contributed by atoms with Crippen molar-refractivity contribution in [3.05, 3.63) is 53.5 Å². The van der Waals surface area contributed by atoms with Crippen LogP contribution in [0.5, 0.6) is 5.75 Å². The van der Waals surface area contributed by atoms with E-state index in [-0.39, 0.29) is 0 Å². The van der Waals surface area contributed by atoms with Crippen molar-refractivity contribution in [1.29, 1.82) is 0 Å². The molecule has 0 N–H and O–H groups in total. The van der Waals surface area contributed by atoms with Gasteiger partial charge in [0, 0.05) is 19.7 Å². The molecule has 1 fully saturated rings. The third kappa shape index (κ3) is 5.38. The number of aryl methyl sites for hydroxylation is 1. The molecule has 0 radical (unpaired) electrons. The van der Waals surface area contributed by atoms with Crippen LogP contribution in [0, 0.1) is 19.3 Å². The minimum absolute atomic E-state index is 0.294. The Hall–Kier alpha value is -2.22. The topological polar surface area (TPSA) is 34.8 Å². The van der Waals surface area contributed by atoms with Crippen LogP contribution in [-0.4, -0.2) is 30.8 Å². The summed E-state index contributed by atoms with van der Waals surface area (Å²) < 4.78 is 17.0. The van der Waals surface area contributed by atoms with Gasteiger partial charge in [0.15, 0.2) is 0 Å². The van der Waals surface area contributed by atoms with Crippen molar-refractivity contribution in [2.45, 2.75) is 39.0 Å². The maximum atomic E-state index is 5.82. The molecule has 2 aromatic rings. The van der Waals surface area contributed by atoms with Gasteiger partial charge < -0.3 is 13.9 Å². The monoisotopic (exact) mass is 339 g/mol. The van der Waals surface area contributed by atoms with Gasteiger partial charge in [-0.15, -0.1) is 6.42 Å². The molecular weight excluding hydrogens is 314 g/mol. The highest BCUT2D eigenvalue weighted by Gasteiger charge is 2.20. The van der Waals surface area contributed by atoms with E-state index >= 15 is 0 Å². The first-order valence-corrected chi connectivity index (χ1v) is 8.77. The summed E-state index contributed by atoms with van der Waals surface area (Å²) in [6.07, 6.45) is 7.82. The lowest BCUT2D eigenvalue weighted by Gasteiger charge is -2.24. The summed E-state index contributed by atoms with van der Waals surface area (Å²) in [6, 6.07) is 12.2. The van der Waals surface area contributed by atoms with Gasteiger partial charge in [0.05, 0.1) is 12.6 Å². The van der Waals surface area contributed by atoms with Crippen molar-refractivity contribution in [3.63, 3.8) is 0 Å². The molecule has 0 aliphatic carbocycles. The van der Waals surface area contributed by atoms with E-state index in [0.29, 0.717) is 12.7 Å². The van der Waals surface area contributed by atoms with Crippen molar-refractivity contribution in [1.82, 2.24) is 4.90 Å². The molecule has 1 aliphatic heterocycles. The number of furan rings is 1. The fourth-order valence-electron chi connectivity index (χ4n) is 3.13. The highest BCUT2D eigenvalue weighted by molar-refractivity contribution is 5.27. The van der Waals surface area contributed by atoms with Gasteiger partial charge in [-0.3, -0.25) is 4.90 Å². The molecule has 132 valence electrons. The van der Waals surface area contributed by atoms with E-state index in [2.05, 4.69) is 29.0 Å². The predicted octanol–water partition coefficient (Wildman–Crippen LogP) is 3.78. The van der Waals surface area contributed by atoms with Gasteiger partial charge in [0.25, 0.3) is 0 Å². The molecule has 0 saturated carbocycles. The molecule has 0 spiro atoms. The average Bonchev–Trinajstić information content (AvgIpc) is 3.26. The molecule has 2 heterocycles. The van der Waals surface area contributed by atoms with E-state index in [9.17, 15) is 0 Å². The highest BCUT2D eigenvalue weighted by Crippen LogP contribution is 2.19. The van der Waals surface area contributed by atoms with Crippen molar-refractivity contribution < 1.29 is 13.9 Å². The van der Waals surface area contributed by atoms with Crippen molar-refractivity contribution in [2.24, 2.45) is 0 Å². The minimum Gasteiger partial charge on any atom is -0.481 e. The van der Waals surface area contributed by atoms with Gasteiger partial charge in [-0.25, -0.2) is 0 Å². The number of rotatable bonds is 8. The highest BCUT2D eigenvalue weighted by atomic mass is 16.5. The van der Waals surface area contributed by atoms with Gasteiger partial charge in [-0.2, -0.15) is 0 Å². The van der Waals surface area contributed by atoms with E-state index in [4.69, 9.17) is 20.3 Å². The normalized spacial score (nSPS) is 16.9. The Morgan fingerprint density at radius 2 is 2.04 bits per heavy atom. The SMILES string of the molecule is C#CCOc1ccc(CN(Cc2ccc(C)o2)C[C@H]2CCCO2)cc1. The van der Waals surface area contributed by atoms with Crippen LogP contribution in [0.3, 0.4) is 0 Å². The van der Waals surface area contributed by atoms with Crippen molar-refractivity contribution in [2.75, 3.05) is 19.8 Å². The van der Waals surface area contributed by atoms with E-state index < -0.39 is 0 Å². The molecule has 4 heteroatoms. The Morgan fingerprint density at radius 1 is 1.20 bits per heavy atom. The summed E-state index contributed by atoms with van der Waals surface area (Å²) in [5, 5.41) is 0. The summed E-state index contributed by atoms with van der Waals surface area (Å²) in [5.41, 5.74) is 1.23. The molecule has 1 saturated heterocycles. The van der Waals surface area contributed by atoms with Gasteiger partial charge in [-0.1, -0.05) is 18.1 Å². The van der Waals surface area contributed by atoms with E-state index in [1.807, 2.05) is 25.1 Å². The zero-order chi connectivity index (χ0) is 17.5. The maximum Gasteiger partial charge on any atom is 0.148 e. The first kappa shape index (κ1) is 17.6. The summed E-state index contributed by atoms with van der Waals surface area (Å²) in [6.45, 7) is 5.68. The molecule has 1 atom stereocenters. The van der Waals surface area contributed by atoms with Gasteiger partial charge in [0.2, 0.25) is 0 Å². The van der Waals surface area contributed by atoms with Crippen molar-refractivity contribution in [3.8, 4) is 18.1 Å². The second-order valence-corrected chi connectivity index (χ2v) is 6.45. The fourth-order valence-corrected chi connectivity index (χ4v) is 3.13. The van der Waals surface area contributed by atoms with E-state index in [1.165, 1.54) is 5.56 Å². The zero-order valence-corrected chi connectivity index (χ0v) is 14.7. The molecule has 0 bridgehead atoms. The number of terminal acetylenes is 1. The minimum atomic E-state index is 0.294. The number of benzene rings is 1. The maximum absolute atomic E-state index is 5.82. The third-order valence-corrected chi connectivity index (χ3v) is 4.31. The molecule has 3 rings (SSSR count). The number of hydrogen-bond acceptors (Lipinski definition) is 4. The molecule has 1 aliphatic rings. The standard InChI is InChI=1S/C21H25NO3/c1-3-12-23-19-10-7-18(8-11-19)14-22(15-20-5-4-13-24-20)16-21-9-6-17(2)25-21/h1,6-11,20H,4-5,12-16H2,2H3/t20-/m1/s1. The van der Waals surface area contributed by atoms with Crippen molar-refractivity contribution >= 4 is 0 Å². The van der Waals surface area contributed by atoms with Crippen LogP contribution in [0.25, 0.3) is 0 Å². The molecule has 4 nitrogen and oxygen atoms in total. The molecule has 1 aromatic carbocycles. The zero-order valence-electron chi connectivity index (χ0n) is 14.7. The largest absolute Gasteiger partial charge is 0.481 e. The van der Waals surface area contributed by atoms with Crippen LogP contribution in [-0.2, 0) is 17.8 Å². The smallest absolute Gasteiger partial charge is 0.148 e. The summed E-state index contributed by atoms with van der Waals surface area (Å²) in [7, 11) is 0. The summed E-state index contributed by atoms with van der Waals surface area (Å²) in [5.74, 6) is 5.21. The summed E-state index contributed by atoms with van der Waals surface area (Å²) in [4.78, 5) is 2.38. The van der Waals surface area contributed by atoms with Gasteiger partial charge >= 0.3 is 0 Å². The van der Waals surface area contributed by atoms with E-state index in [0.717, 1.165) is 56.4 Å². The Bertz CT molecular complexity index is 693. The quantitative estimate of drug-likeness (QED) is 0.686. The Morgan fingerprint density at radius 3 is 2.68 bits per heavy atom. The second kappa shape index (κ2) is 8.75. The van der Waals surface area contributed by atoms with E-state index in [1.54, 1.807) is 0 Å². The van der Waals surface area contributed by atoms with Crippen LogP contribution in [0.1, 0.15) is 29.9 Å². The first-order chi connectivity index (χ1) is 12.2. The lowest BCUT2D eigenvalue weighted by atomic mass is 10.1. The predicted molar refractivity (Wildman–Crippen MR) is 97.3 cm³/mol. The average molecular weight is 339 g/mol. The lowest BCUT2D eigenvalue weighted by molar-refractivity contribution is 0.0654. The summed E-state index contributed by atoms with van der Waals surface area (Å²) >= 11 is 0. The number of ether oxygens (including phenoxy) is 2. The molecule has 0 unspecified atom stereocenters. The van der Waals surface area contributed by atoms with Crippen LogP contribution in [0.4, 0.5) is 0 Å². The van der Waals surface area contributed by atoms with Gasteiger partial charge in [0.1, 0.15) is 23.9 Å². The third-order valence-electron chi connectivity index (χ3n) is 4.31. The Kier molecular flexibility index (Phi) is 6.16. The van der Waals surface area contributed by atoms with Gasteiger partial charge in [-0.05, 0) is 49.6 Å². The van der Waals surface area contributed by atoms with Crippen LogP contribution >= 0.6 is 0 Å². The Labute approximate surface area is 149 Å². The fraction of sp³-hybridized carbons (Fsp3) is 0.429. The number of hydrogen-bond donors (Lipinski definition) is 0.